The summed E-state index contributed by atoms with van der Waals surface area (Å²) in [6, 6.07) is 29.8. The molecule has 0 unspecified atom stereocenters. The third-order valence-corrected chi connectivity index (χ3v) is 13.3. The molecule has 2 N–H and O–H groups in total. The lowest BCUT2D eigenvalue weighted by molar-refractivity contribution is -0.255. The lowest BCUT2D eigenvalue weighted by Crippen LogP contribution is -2.70. The zero-order valence-corrected chi connectivity index (χ0v) is 36.9. The van der Waals surface area contributed by atoms with Crippen LogP contribution in [0.2, 0.25) is 0 Å². The fourth-order valence-corrected chi connectivity index (χ4v) is 10.0. The standard InChI is InChI=1S/C53H59FN4O7/c1-2-29-63-53-49(58(35-38-16-20-42(54)21-17-38)52(61)40-18-14-37(34-55)15-19-40)33-47(56-64-36-39-10-4-3-5-11-39)45-31-41(12-6-8-27-59)44(13-7-9-28-60)50(51(45)53)46-32-43(22-23-48(46)65-53)62-30-26-57-24-25-57/h2-5,10-11,14-23,31-32,41,44,49-51,59-60H,1,6-9,12-13,24-30,33,35-36H2/t41-,44+,49-,50+,51+,53+/m0/s1. The zero-order valence-electron chi connectivity index (χ0n) is 36.9. The Hall–Kier alpha value is -5.84. The number of allylic oxidation sites excluding steroid dienone is 1. The number of rotatable bonds is 22. The van der Waals surface area contributed by atoms with Crippen molar-refractivity contribution >= 4 is 11.6 Å². The molecule has 1 amide bonds. The third-order valence-electron chi connectivity index (χ3n) is 13.3. The third kappa shape index (κ3) is 10.5. The van der Waals surface area contributed by atoms with Crippen LogP contribution in [0.5, 0.6) is 11.5 Å². The molecular weight excluding hydrogens is 824 g/mol. The molecule has 2 heterocycles. The first kappa shape index (κ1) is 45.7. The molecule has 4 aliphatic rings. The van der Waals surface area contributed by atoms with Crippen LogP contribution >= 0.6 is 0 Å². The Balaban J connectivity index is 1.34. The average Bonchev–Trinajstić information content (AvgIpc) is 4.17. The number of unbranched alkanes of at least 4 members (excludes halogenated alkanes) is 2. The van der Waals surface area contributed by atoms with E-state index in [1.165, 1.54) is 12.1 Å². The van der Waals surface area contributed by atoms with Crippen molar-refractivity contribution in [2.45, 2.75) is 75.8 Å². The van der Waals surface area contributed by atoms with Crippen molar-refractivity contribution in [2.24, 2.45) is 22.9 Å². The normalized spacial score (nSPS) is 23.6. The van der Waals surface area contributed by atoms with Gasteiger partial charge in [-0.1, -0.05) is 72.6 Å². The lowest BCUT2D eigenvalue weighted by atomic mass is 9.55. The van der Waals surface area contributed by atoms with E-state index in [2.05, 4.69) is 29.7 Å². The Morgan fingerprint density at radius 1 is 0.969 bits per heavy atom. The van der Waals surface area contributed by atoms with Gasteiger partial charge in [0.15, 0.2) is 0 Å². The van der Waals surface area contributed by atoms with Gasteiger partial charge in [-0.25, -0.2) is 4.39 Å². The van der Waals surface area contributed by atoms with E-state index in [0.717, 1.165) is 67.8 Å². The Bertz CT molecular complexity index is 2350. The van der Waals surface area contributed by atoms with Crippen LogP contribution in [0.1, 0.15) is 83.5 Å². The molecule has 1 saturated carbocycles. The minimum atomic E-state index is -1.51. The quantitative estimate of drug-likeness (QED) is 0.0344. The lowest BCUT2D eigenvalue weighted by Gasteiger charge is -2.60. The number of benzene rings is 4. The van der Waals surface area contributed by atoms with E-state index in [0.29, 0.717) is 47.6 Å². The molecular formula is C53H59FN4O7. The number of hydrogen-bond donors (Lipinski definition) is 2. The zero-order chi connectivity index (χ0) is 45.2. The Labute approximate surface area is 381 Å². The molecule has 0 spiro atoms. The van der Waals surface area contributed by atoms with Gasteiger partial charge in [-0.15, -0.1) is 6.58 Å². The molecule has 0 aromatic heterocycles. The highest BCUT2D eigenvalue weighted by Crippen LogP contribution is 2.62. The maximum Gasteiger partial charge on any atom is 0.254 e. The fourth-order valence-electron chi connectivity index (χ4n) is 10.0. The Morgan fingerprint density at radius 2 is 1.72 bits per heavy atom. The average molecular weight is 883 g/mol. The highest BCUT2D eigenvalue weighted by molar-refractivity contribution is 6.03. The van der Waals surface area contributed by atoms with Crippen molar-refractivity contribution in [3.63, 3.8) is 0 Å². The summed E-state index contributed by atoms with van der Waals surface area (Å²) in [6.07, 6.45) is 8.69. The summed E-state index contributed by atoms with van der Waals surface area (Å²) in [5.74, 6) is -1.57. The predicted octanol–water partition coefficient (Wildman–Crippen LogP) is 8.57. The van der Waals surface area contributed by atoms with E-state index in [1.54, 1.807) is 47.4 Å². The number of halogens is 1. The molecule has 4 aromatic rings. The maximum atomic E-state index is 15.3. The molecule has 1 saturated heterocycles. The summed E-state index contributed by atoms with van der Waals surface area (Å²) in [6.45, 7) is 8.15. The van der Waals surface area contributed by atoms with Gasteiger partial charge in [-0.2, -0.15) is 5.26 Å². The van der Waals surface area contributed by atoms with Gasteiger partial charge in [0.2, 0.25) is 5.79 Å². The van der Waals surface area contributed by atoms with E-state index >= 15 is 4.79 Å². The number of aliphatic hydroxyl groups is 2. The topological polar surface area (TPSA) is 137 Å². The highest BCUT2D eigenvalue weighted by atomic mass is 19.1. The van der Waals surface area contributed by atoms with Crippen molar-refractivity contribution in [1.29, 1.82) is 5.26 Å². The van der Waals surface area contributed by atoms with Crippen LogP contribution in [0.15, 0.2) is 127 Å². The smallest absolute Gasteiger partial charge is 0.254 e. The van der Waals surface area contributed by atoms with E-state index < -0.39 is 23.6 Å². The number of nitriles is 1. The molecule has 2 aliphatic carbocycles. The molecule has 0 bridgehead atoms. The predicted molar refractivity (Wildman–Crippen MR) is 246 cm³/mol. The second-order valence-electron chi connectivity index (χ2n) is 17.5. The number of hydrogen-bond acceptors (Lipinski definition) is 10. The van der Waals surface area contributed by atoms with E-state index in [-0.39, 0.29) is 63.1 Å². The molecule has 12 heteroatoms. The molecule has 2 aliphatic heterocycles. The van der Waals surface area contributed by atoms with E-state index in [1.807, 2.05) is 42.5 Å². The maximum absolute atomic E-state index is 15.3. The first-order valence-electron chi connectivity index (χ1n) is 23.0. The second kappa shape index (κ2) is 21.4. The number of carbonyl (C=O) groups excluding carboxylic acids is 1. The van der Waals surface area contributed by atoms with Gasteiger partial charge < -0.3 is 34.2 Å². The minimum Gasteiger partial charge on any atom is -0.492 e. The Kier molecular flexibility index (Phi) is 15.1. The number of ether oxygens (including phenoxy) is 3. The van der Waals surface area contributed by atoms with Gasteiger partial charge in [0, 0.05) is 62.9 Å². The first-order chi connectivity index (χ1) is 31.8. The van der Waals surface area contributed by atoms with Crippen LogP contribution < -0.4 is 9.47 Å². The van der Waals surface area contributed by atoms with Crippen LogP contribution in [-0.4, -0.2) is 89.5 Å². The number of amides is 1. The molecule has 4 aromatic carbocycles. The molecule has 340 valence electrons. The molecule has 6 atom stereocenters. The Morgan fingerprint density at radius 3 is 2.43 bits per heavy atom. The summed E-state index contributed by atoms with van der Waals surface area (Å²) in [4.78, 5) is 25.7. The summed E-state index contributed by atoms with van der Waals surface area (Å²) in [7, 11) is 0. The van der Waals surface area contributed by atoms with Gasteiger partial charge in [0.25, 0.3) is 5.91 Å². The number of fused-ring (bicyclic) bond motifs is 2. The van der Waals surface area contributed by atoms with E-state index in [4.69, 9.17) is 24.2 Å². The molecule has 2 fully saturated rings. The van der Waals surface area contributed by atoms with Crippen LogP contribution in [0.25, 0.3) is 0 Å². The minimum absolute atomic E-state index is 0.0289. The SMILES string of the molecule is C=CCO[C@@]12Oc3ccc(OCCN4CC4)cc3[C@H]3[C@H](CCCCO)[C@@H](CCCCO)C=C(C(=NOCc4ccccc4)C[C@@H]1N(Cc1ccc(F)cc1)C(=O)c1ccc(C#N)cc1)[C@H]32. The van der Waals surface area contributed by atoms with Gasteiger partial charge in [-0.3, -0.25) is 9.69 Å². The van der Waals surface area contributed by atoms with Crippen LogP contribution in [0.3, 0.4) is 0 Å². The van der Waals surface area contributed by atoms with Gasteiger partial charge >= 0.3 is 0 Å². The molecule has 0 radical (unpaired) electrons. The monoisotopic (exact) mass is 882 g/mol. The van der Waals surface area contributed by atoms with Crippen LogP contribution in [-0.2, 0) is 22.7 Å². The number of nitrogens with zero attached hydrogens (tertiary/aromatic N) is 4. The van der Waals surface area contributed by atoms with Gasteiger partial charge in [0.1, 0.15) is 36.6 Å². The highest BCUT2D eigenvalue weighted by Gasteiger charge is 2.65. The van der Waals surface area contributed by atoms with Crippen molar-refractivity contribution in [1.82, 2.24) is 9.80 Å². The van der Waals surface area contributed by atoms with Crippen molar-refractivity contribution in [3.8, 4) is 17.6 Å². The number of carbonyl (C=O) groups is 1. The second-order valence-corrected chi connectivity index (χ2v) is 17.5. The number of aliphatic hydroxyl groups excluding tert-OH is 2. The summed E-state index contributed by atoms with van der Waals surface area (Å²) < 4.78 is 35.5. The van der Waals surface area contributed by atoms with Crippen molar-refractivity contribution < 1.29 is 38.4 Å². The van der Waals surface area contributed by atoms with Crippen molar-refractivity contribution in [3.05, 3.63) is 155 Å². The molecule has 8 rings (SSSR count). The van der Waals surface area contributed by atoms with Gasteiger partial charge in [0.05, 0.1) is 29.9 Å². The summed E-state index contributed by atoms with van der Waals surface area (Å²) in [5.41, 5.74) is 4.97. The first-order valence-corrected chi connectivity index (χ1v) is 23.0. The number of oxime groups is 1. The molecule has 11 nitrogen and oxygen atoms in total. The van der Waals surface area contributed by atoms with Gasteiger partial charge in [-0.05, 0) is 109 Å². The summed E-state index contributed by atoms with van der Waals surface area (Å²) in [5, 5.41) is 34.6. The summed E-state index contributed by atoms with van der Waals surface area (Å²) >= 11 is 0. The van der Waals surface area contributed by atoms with Crippen molar-refractivity contribution in [2.75, 3.05) is 46.1 Å². The molecule has 65 heavy (non-hydrogen) atoms. The largest absolute Gasteiger partial charge is 0.492 e. The fraction of sp³-hybridized carbons (Fsp3) is 0.415. The van der Waals surface area contributed by atoms with Crippen LogP contribution in [0, 0.1) is 34.9 Å². The van der Waals surface area contributed by atoms with E-state index in [9.17, 15) is 19.9 Å². The van der Waals surface area contributed by atoms with Crippen LogP contribution in [0.4, 0.5) is 4.39 Å².